The third-order valence-corrected chi connectivity index (χ3v) is 4.60. The second-order valence-electron chi connectivity index (χ2n) is 6.36. The lowest BCUT2D eigenvalue weighted by Crippen LogP contribution is -2.37. The van der Waals surface area contributed by atoms with E-state index in [1.807, 2.05) is 47.8 Å². The number of hydrogen-bond donors (Lipinski definition) is 1. The number of hydrogen-bond acceptors (Lipinski definition) is 5. The Morgan fingerprint density at radius 1 is 1.44 bits per heavy atom. The highest BCUT2D eigenvalue weighted by molar-refractivity contribution is 7.71. The minimum Gasteiger partial charge on any atom is -0.496 e. The summed E-state index contributed by atoms with van der Waals surface area (Å²) in [6.07, 6.45) is 2.17. The first-order chi connectivity index (χ1) is 12.0. The van der Waals surface area contributed by atoms with Crippen LogP contribution in [0.5, 0.6) is 5.75 Å². The van der Waals surface area contributed by atoms with Gasteiger partial charge in [0.05, 0.1) is 25.9 Å². The Balaban J connectivity index is 1.76. The largest absolute Gasteiger partial charge is 0.496 e. The number of rotatable bonds is 7. The maximum atomic E-state index is 11.9. The Bertz CT molecular complexity index is 825. The molecule has 0 aliphatic heterocycles. The fraction of sp³-hybridized carbons (Fsp3) is 0.471. The summed E-state index contributed by atoms with van der Waals surface area (Å²) in [5.41, 5.74) is 0.881. The molecule has 0 spiro atoms. The molecule has 134 valence electrons. The van der Waals surface area contributed by atoms with Crippen molar-refractivity contribution in [1.29, 1.82) is 0 Å². The maximum Gasteiger partial charge on any atom is 0.234 e. The number of methoxy groups -OCH3 is 1. The van der Waals surface area contributed by atoms with Gasteiger partial charge >= 0.3 is 0 Å². The van der Waals surface area contributed by atoms with Gasteiger partial charge in [-0.3, -0.25) is 9.69 Å². The molecule has 1 N–H and O–H groups in total. The van der Waals surface area contributed by atoms with Crippen molar-refractivity contribution >= 4 is 18.1 Å². The first-order valence-corrected chi connectivity index (χ1v) is 8.65. The van der Waals surface area contributed by atoms with E-state index in [1.54, 1.807) is 11.8 Å². The van der Waals surface area contributed by atoms with Gasteiger partial charge in [0, 0.05) is 13.1 Å². The molecule has 0 radical (unpaired) electrons. The summed E-state index contributed by atoms with van der Waals surface area (Å²) in [6, 6.07) is 8.07. The summed E-state index contributed by atoms with van der Waals surface area (Å²) >= 11 is 5.50. The molecule has 1 saturated carbocycles. The van der Waals surface area contributed by atoms with Crippen LogP contribution in [0.1, 0.15) is 12.8 Å². The van der Waals surface area contributed by atoms with Crippen molar-refractivity contribution in [1.82, 2.24) is 24.6 Å². The molecule has 0 atom stereocenters. The van der Waals surface area contributed by atoms with E-state index in [1.165, 1.54) is 0 Å². The number of nitrogens with one attached hydrogen (secondary N) is 1. The van der Waals surface area contributed by atoms with E-state index in [-0.39, 0.29) is 5.91 Å². The van der Waals surface area contributed by atoms with Gasteiger partial charge in [-0.05, 0) is 44.2 Å². The van der Waals surface area contributed by atoms with E-state index >= 15 is 0 Å². The van der Waals surface area contributed by atoms with E-state index in [2.05, 4.69) is 10.4 Å². The smallest absolute Gasteiger partial charge is 0.234 e. The van der Waals surface area contributed by atoms with Crippen LogP contribution < -0.4 is 10.1 Å². The molecule has 7 nitrogen and oxygen atoms in total. The van der Waals surface area contributed by atoms with E-state index in [0.29, 0.717) is 24.0 Å². The van der Waals surface area contributed by atoms with Gasteiger partial charge in [-0.1, -0.05) is 12.1 Å². The van der Waals surface area contributed by atoms with Gasteiger partial charge in [0.25, 0.3) is 0 Å². The number of amides is 1. The molecule has 8 heteroatoms. The minimum atomic E-state index is 0.0393. The fourth-order valence-electron chi connectivity index (χ4n) is 2.67. The Labute approximate surface area is 152 Å². The molecule has 0 saturated heterocycles. The van der Waals surface area contributed by atoms with Gasteiger partial charge in [-0.2, -0.15) is 5.10 Å². The Morgan fingerprint density at radius 3 is 2.84 bits per heavy atom. The summed E-state index contributed by atoms with van der Waals surface area (Å²) in [5.74, 6) is 1.52. The number of para-hydroxylation sites is 1. The van der Waals surface area contributed by atoms with Crippen molar-refractivity contribution < 1.29 is 9.53 Å². The van der Waals surface area contributed by atoms with Crippen LogP contribution in [0.4, 0.5) is 0 Å². The van der Waals surface area contributed by atoms with Crippen LogP contribution in [0.15, 0.2) is 24.3 Å². The highest BCUT2D eigenvalue weighted by atomic mass is 32.1. The zero-order valence-electron chi connectivity index (χ0n) is 14.7. The SMILES string of the molecule is COc1ccccc1-c1nn(CN(C)CC(=O)NC2CC2)c(=S)n1C. The summed E-state index contributed by atoms with van der Waals surface area (Å²) < 4.78 is 9.59. The molecule has 3 rings (SSSR count). The average molecular weight is 361 g/mol. The number of aromatic nitrogens is 3. The second-order valence-corrected chi connectivity index (χ2v) is 6.73. The quantitative estimate of drug-likeness (QED) is 0.762. The average Bonchev–Trinajstić information content (AvgIpc) is 3.36. The topological polar surface area (TPSA) is 64.3 Å². The predicted molar refractivity (Wildman–Crippen MR) is 97.8 cm³/mol. The van der Waals surface area contributed by atoms with Gasteiger partial charge < -0.3 is 14.6 Å². The molecule has 0 bridgehead atoms. The van der Waals surface area contributed by atoms with E-state index in [9.17, 15) is 4.79 Å². The molecular weight excluding hydrogens is 338 g/mol. The van der Waals surface area contributed by atoms with Crippen molar-refractivity contribution in [3.05, 3.63) is 29.0 Å². The van der Waals surface area contributed by atoms with Crippen molar-refractivity contribution in [2.24, 2.45) is 7.05 Å². The molecule has 25 heavy (non-hydrogen) atoms. The highest BCUT2D eigenvalue weighted by Gasteiger charge is 2.23. The number of ether oxygens (including phenoxy) is 1. The van der Waals surface area contributed by atoms with Crippen LogP contribution >= 0.6 is 12.2 Å². The van der Waals surface area contributed by atoms with Crippen molar-refractivity contribution in [2.75, 3.05) is 20.7 Å². The molecule has 0 unspecified atom stereocenters. The number of carbonyl (C=O) groups is 1. The number of nitrogens with zero attached hydrogens (tertiary/aromatic N) is 4. The molecule has 1 aliphatic carbocycles. The second kappa shape index (κ2) is 7.37. The zero-order valence-corrected chi connectivity index (χ0v) is 15.5. The van der Waals surface area contributed by atoms with Crippen molar-refractivity contribution in [2.45, 2.75) is 25.6 Å². The zero-order chi connectivity index (χ0) is 18.0. The molecule has 1 fully saturated rings. The van der Waals surface area contributed by atoms with Gasteiger partial charge in [-0.15, -0.1) is 0 Å². The third-order valence-electron chi connectivity index (χ3n) is 4.12. The van der Waals surface area contributed by atoms with E-state index in [4.69, 9.17) is 17.0 Å². The van der Waals surface area contributed by atoms with Crippen LogP contribution in [0.3, 0.4) is 0 Å². The lowest BCUT2D eigenvalue weighted by molar-refractivity contribution is -0.122. The molecule has 1 amide bonds. The third kappa shape index (κ3) is 4.08. The van der Waals surface area contributed by atoms with Gasteiger partial charge in [0.15, 0.2) is 10.6 Å². The summed E-state index contributed by atoms with van der Waals surface area (Å²) in [4.78, 5) is 13.8. The Kier molecular flexibility index (Phi) is 5.19. The lowest BCUT2D eigenvalue weighted by Gasteiger charge is -2.15. The highest BCUT2D eigenvalue weighted by Crippen LogP contribution is 2.28. The molecule has 1 heterocycles. The Morgan fingerprint density at radius 2 is 2.16 bits per heavy atom. The monoisotopic (exact) mass is 361 g/mol. The molecule has 1 aromatic carbocycles. The van der Waals surface area contributed by atoms with E-state index < -0.39 is 0 Å². The maximum absolute atomic E-state index is 11.9. The van der Waals surface area contributed by atoms with Crippen LogP contribution in [0.25, 0.3) is 11.4 Å². The summed E-state index contributed by atoms with van der Waals surface area (Å²) in [7, 11) is 5.40. The normalized spacial score (nSPS) is 13.9. The van der Waals surface area contributed by atoms with Gasteiger partial charge in [0.1, 0.15) is 5.75 Å². The molecule has 2 aromatic rings. The molecular formula is C17H23N5O2S. The summed E-state index contributed by atoms with van der Waals surface area (Å²) in [6.45, 7) is 0.763. The Hall–Kier alpha value is -2.19. The molecule has 1 aliphatic rings. The predicted octanol–water partition coefficient (Wildman–Crippen LogP) is 1.79. The minimum absolute atomic E-state index is 0.0393. The van der Waals surface area contributed by atoms with Crippen molar-refractivity contribution in [3.8, 4) is 17.1 Å². The first kappa shape index (κ1) is 17.6. The molecule has 1 aromatic heterocycles. The van der Waals surface area contributed by atoms with Crippen molar-refractivity contribution in [3.63, 3.8) is 0 Å². The van der Waals surface area contributed by atoms with E-state index in [0.717, 1.165) is 30.0 Å². The van der Waals surface area contributed by atoms with Crippen LogP contribution in [-0.2, 0) is 18.5 Å². The van der Waals surface area contributed by atoms with Crippen LogP contribution in [0, 0.1) is 4.77 Å². The van der Waals surface area contributed by atoms with Gasteiger partial charge in [-0.25, -0.2) is 4.68 Å². The lowest BCUT2D eigenvalue weighted by atomic mass is 10.2. The number of carbonyl (C=O) groups excluding carboxylic acids is 1. The standard InChI is InChI=1S/C17H23N5O2S/c1-20(10-15(23)18-12-8-9-12)11-22-17(25)21(2)16(19-22)13-6-4-5-7-14(13)24-3/h4-7,12H,8-11H2,1-3H3,(H,18,23). The first-order valence-electron chi connectivity index (χ1n) is 8.24. The number of benzene rings is 1. The van der Waals surface area contributed by atoms with Crippen LogP contribution in [-0.4, -0.2) is 51.9 Å². The summed E-state index contributed by atoms with van der Waals surface area (Å²) in [5, 5.41) is 7.62. The number of likely N-dealkylation sites (N-methyl/N-ethyl adjacent to an activating group) is 1. The van der Waals surface area contributed by atoms with Gasteiger partial charge in [0.2, 0.25) is 5.91 Å². The van der Waals surface area contributed by atoms with Crippen LogP contribution in [0.2, 0.25) is 0 Å². The fourth-order valence-corrected chi connectivity index (χ4v) is 2.85.